The van der Waals surface area contributed by atoms with Crippen molar-refractivity contribution in [3.8, 4) is 0 Å². The van der Waals surface area contributed by atoms with Crippen molar-refractivity contribution in [2.24, 2.45) is 0 Å². The summed E-state index contributed by atoms with van der Waals surface area (Å²) >= 11 is 6.28. The maximum absolute atomic E-state index is 12.7. The lowest BCUT2D eigenvalue weighted by Crippen LogP contribution is -2.38. The third kappa shape index (κ3) is 7.36. The number of halogens is 1. The van der Waals surface area contributed by atoms with Crippen molar-refractivity contribution < 1.29 is 14.3 Å². The minimum Gasteiger partial charge on any atom is -0.444 e. The highest BCUT2D eigenvalue weighted by atomic mass is 35.5. The van der Waals surface area contributed by atoms with Gasteiger partial charge in [0, 0.05) is 47.2 Å². The zero-order valence-electron chi connectivity index (χ0n) is 19.7. The van der Waals surface area contributed by atoms with Gasteiger partial charge in [0.15, 0.2) is 5.78 Å². The van der Waals surface area contributed by atoms with Crippen LogP contribution in [-0.2, 0) is 11.2 Å². The zero-order chi connectivity index (χ0) is 23.8. The Hall–Kier alpha value is -2.79. The first-order chi connectivity index (χ1) is 15.7. The molecule has 0 saturated heterocycles. The predicted molar refractivity (Wildman–Crippen MR) is 134 cm³/mol. The van der Waals surface area contributed by atoms with Gasteiger partial charge >= 0.3 is 6.09 Å². The van der Waals surface area contributed by atoms with E-state index in [9.17, 15) is 9.59 Å². The number of Topliss-reactive ketones (excluding diaryl/α,β-unsaturated/α-hetero) is 1. The summed E-state index contributed by atoms with van der Waals surface area (Å²) in [5.41, 5.74) is 2.19. The van der Waals surface area contributed by atoms with Crippen LogP contribution < -0.4 is 0 Å². The number of benzene rings is 2. The molecule has 0 saturated carbocycles. The molecule has 176 valence electrons. The topological polar surface area (TPSA) is 62.4 Å². The van der Waals surface area contributed by atoms with Crippen molar-refractivity contribution in [2.45, 2.75) is 58.5 Å². The molecule has 1 aromatic heterocycles. The molecule has 1 heterocycles. The number of amides is 1. The zero-order valence-corrected chi connectivity index (χ0v) is 20.5. The molecule has 0 aliphatic heterocycles. The molecule has 0 atom stereocenters. The highest BCUT2D eigenvalue weighted by Gasteiger charge is 2.22. The molecule has 1 N–H and O–H groups in total. The smallest absolute Gasteiger partial charge is 0.410 e. The van der Waals surface area contributed by atoms with Crippen LogP contribution in [0.4, 0.5) is 4.79 Å². The van der Waals surface area contributed by atoms with Crippen LogP contribution in [0.3, 0.4) is 0 Å². The van der Waals surface area contributed by atoms with Crippen LogP contribution in [0.5, 0.6) is 0 Å². The van der Waals surface area contributed by atoms with Gasteiger partial charge in [-0.3, -0.25) is 4.79 Å². The fourth-order valence-electron chi connectivity index (χ4n) is 3.78. The third-order valence-corrected chi connectivity index (χ3v) is 5.85. The molecule has 3 aromatic rings. The first kappa shape index (κ1) is 24.8. The largest absolute Gasteiger partial charge is 0.444 e. The number of para-hydroxylation sites is 1. The average molecular weight is 469 g/mol. The molecule has 0 spiro atoms. The molecular formula is C27H33ClN2O3. The molecule has 0 aliphatic rings. The number of carbonyl (C=O) groups excluding carboxylic acids is 2. The summed E-state index contributed by atoms with van der Waals surface area (Å²) in [4.78, 5) is 30.3. The Morgan fingerprint density at radius 2 is 1.70 bits per heavy atom. The lowest BCUT2D eigenvalue weighted by Gasteiger charge is -2.27. The second kappa shape index (κ2) is 11.4. The van der Waals surface area contributed by atoms with E-state index < -0.39 is 5.60 Å². The molecule has 3 rings (SSSR count). The lowest BCUT2D eigenvalue weighted by atomic mass is 10.0. The van der Waals surface area contributed by atoms with Crippen molar-refractivity contribution in [2.75, 3.05) is 13.1 Å². The highest BCUT2D eigenvalue weighted by Crippen LogP contribution is 2.21. The number of ketones is 1. The van der Waals surface area contributed by atoms with Crippen LogP contribution in [0.25, 0.3) is 10.9 Å². The summed E-state index contributed by atoms with van der Waals surface area (Å²) in [6, 6.07) is 15.5. The van der Waals surface area contributed by atoms with Crippen LogP contribution >= 0.6 is 11.6 Å². The van der Waals surface area contributed by atoms with Gasteiger partial charge in [-0.05, 0) is 57.7 Å². The van der Waals surface area contributed by atoms with Crippen molar-refractivity contribution >= 4 is 34.4 Å². The van der Waals surface area contributed by atoms with Crippen molar-refractivity contribution in [1.29, 1.82) is 0 Å². The van der Waals surface area contributed by atoms with E-state index in [1.807, 2.05) is 69.3 Å². The van der Waals surface area contributed by atoms with Crippen LogP contribution in [0.15, 0.2) is 54.7 Å². The highest BCUT2D eigenvalue weighted by molar-refractivity contribution is 6.31. The number of ether oxygens (including phenoxy) is 1. The molecule has 0 aliphatic carbocycles. The van der Waals surface area contributed by atoms with Crippen molar-refractivity contribution in [3.63, 3.8) is 0 Å². The molecule has 2 aromatic carbocycles. The Kier molecular flexibility index (Phi) is 8.56. The predicted octanol–water partition coefficient (Wildman–Crippen LogP) is 7.04. The van der Waals surface area contributed by atoms with Gasteiger partial charge in [0.05, 0.1) is 0 Å². The number of fused-ring (bicyclic) bond motifs is 1. The van der Waals surface area contributed by atoms with Gasteiger partial charge in [-0.1, -0.05) is 54.4 Å². The fourth-order valence-corrected chi connectivity index (χ4v) is 4.01. The fraction of sp³-hybridized carbons (Fsp3) is 0.407. The Labute approximate surface area is 201 Å². The molecular weight excluding hydrogens is 436 g/mol. The van der Waals surface area contributed by atoms with Gasteiger partial charge in [-0.15, -0.1) is 0 Å². The van der Waals surface area contributed by atoms with E-state index in [0.717, 1.165) is 41.3 Å². The van der Waals surface area contributed by atoms with Crippen LogP contribution in [0, 0.1) is 0 Å². The number of rotatable bonds is 10. The van der Waals surface area contributed by atoms with E-state index in [4.69, 9.17) is 16.3 Å². The number of H-pyrrole nitrogens is 1. The first-order valence-corrected chi connectivity index (χ1v) is 11.9. The van der Waals surface area contributed by atoms with Crippen molar-refractivity contribution in [3.05, 3.63) is 70.9 Å². The standard InChI is InChI=1S/C27H33ClN2O3/c1-27(2,3)33-26(32)30(18-16-20-11-6-8-13-23(20)28)17-10-4-5-15-25(31)22-19-29-24-14-9-7-12-21(22)24/h6-9,11-14,19,29H,4-5,10,15-18H2,1-3H3. The summed E-state index contributed by atoms with van der Waals surface area (Å²) in [7, 11) is 0. The van der Waals surface area contributed by atoms with E-state index in [0.29, 0.717) is 31.0 Å². The van der Waals surface area contributed by atoms with E-state index in [1.54, 1.807) is 11.1 Å². The van der Waals surface area contributed by atoms with Gasteiger partial charge in [-0.25, -0.2) is 4.79 Å². The minimum absolute atomic E-state index is 0.148. The Balaban J connectivity index is 1.50. The third-order valence-electron chi connectivity index (χ3n) is 5.48. The summed E-state index contributed by atoms with van der Waals surface area (Å²) in [6.07, 6.45) is 5.09. The van der Waals surface area contributed by atoms with Crippen LogP contribution in [0.1, 0.15) is 62.4 Å². The monoisotopic (exact) mass is 468 g/mol. The van der Waals surface area contributed by atoms with E-state index in [1.165, 1.54) is 0 Å². The maximum Gasteiger partial charge on any atom is 0.410 e. The maximum atomic E-state index is 12.7. The van der Waals surface area contributed by atoms with E-state index in [-0.39, 0.29) is 11.9 Å². The summed E-state index contributed by atoms with van der Waals surface area (Å²) in [5, 5.41) is 1.68. The van der Waals surface area contributed by atoms with Gasteiger partial charge < -0.3 is 14.6 Å². The number of nitrogens with zero attached hydrogens (tertiary/aromatic N) is 1. The van der Waals surface area contributed by atoms with Gasteiger partial charge in [0.2, 0.25) is 0 Å². The number of hydrogen-bond acceptors (Lipinski definition) is 3. The first-order valence-electron chi connectivity index (χ1n) is 11.6. The van der Waals surface area contributed by atoms with Gasteiger partial charge in [-0.2, -0.15) is 0 Å². The molecule has 33 heavy (non-hydrogen) atoms. The number of unbranched alkanes of at least 4 members (excludes halogenated alkanes) is 2. The molecule has 0 fully saturated rings. The average Bonchev–Trinajstić information content (AvgIpc) is 3.19. The van der Waals surface area contributed by atoms with Crippen LogP contribution in [0.2, 0.25) is 5.02 Å². The van der Waals surface area contributed by atoms with E-state index in [2.05, 4.69) is 4.98 Å². The molecule has 0 radical (unpaired) electrons. The molecule has 0 bridgehead atoms. The van der Waals surface area contributed by atoms with Gasteiger partial charge in [0.1, 0.15) is 5.60 Å². The normalized spacial score (nSPS) is 11.5. The number of carbonyl (C=O) groups is 2. The molecule has 1 amide bonds. The second-order valence-electron chi connectivity index (χ2n) is 9.29. The molecule has 0 unspecified atom stereocenters. The van der Waals surface area contributed by atoms with E-state index >= 15 is 0 Å². The number of aromatic nitrogens is 1. The summed E-state index contributed by atoms with van der Waals surface area (Å²) in [6.45, 7) is 6.72. The summed E-state index contributed by atoms with van der Waals surface area (Å²) in [5.74, 6) is 0.148. The SMILES string of the molecule is CC(C)(C)OC(=O)N(CCCCCC(=O)c1c[nH]c2ccccc12)CCc1ccccc1Cl. The van der Waals surface area contributed by atoms with Gasteiger partial charge in [0.25, 0.3) is 0 Å². The number of aromatic amines is 1. The Morgan fingerprint density at radius 3 is 2.45 bits per heavy atom. The number of nitrogens with one attached hydrogen (secondary N) is 1. The molecule has 6 heteroatoms. The van der Waals surface area contributed by atoms with Crippen LogP contribution in [-0.4, -0.2) is 40.5 Å². The summed E-state index contributed by atoms with van der Waals surface area (Å²) < 4.78 is 5.60. The number of hydrogen-bond donors (Lipinski definition) is 1. The van der Waals surface area contributed by atoms with Crippen molar-refractivity contribution in [1.82, 2.24) is 9.88 Å². The Morgan fingerprint density at radius 1 is 0.970 bits per heavy atom. The quantitative estimate of drug-likeness (QED) is 0.256. The Bertz CT molecular complexity index is 1080. The second-order valence-corrected chi connectivity index (χ2v) is 9.70. The minimum atomic E-state index is -0.550. The molecule has 5 nitrogen and oxygen atoms in total. The lowest BCUT2D eigenvalue weighted by molar-refractivity contribution is 0.0248.